The summed E-state index contributed by atoms with van der Waals surface area (Å²) in [7, 11) is 0. The third-order valence-corrected chi connectivity index (χ3v) is 2.63. The van der Waals surface area contributed by atoms with Crippen molar-refractivity contribution in [1.82, 2.24) is 0 Å². The number of hydrogen-bond donors (Lipinski definition) is 0. The van der Waals surface area contributed by atoms with Crippen molar-refractivity contribution in [2.24, 2.45) is 0 Å². The van der Waals surface area contributed by atoms with Gasteiger partial charge in [-0.2, -0.15) is 0 Å². The second-order valence-electron chi connectivity index (χ2n) is 3.78. The fraction of sp³-hybridized carbons (Fsp3) is 0.154. The Labute approximate surface area is 93.9 Å². The highest BCUT2D eigenvalue weighted by molar-refractivity contribution is 5.85. The summed E-state index contributed by atoms with van der Waals surface area (Å²) in [4.78, 5) is 10.2. The topological polar surface area (TPSA) is 43.1 Å². The van der Waals surface area contributed by atoms with Crippen LogP contribution in [-0.2, 0) is 6.42 Å². The molecule has 0 aliphatic rings. The number of nitro groups is 1. The summed E-state index contributed by atoms with van der Waals surface area (Å²) in [6, 6.07) is 12.9. The Hall–Kier alpha value is -1.90. The van der Waals surface area contributed by atoms with Crippen LogP contribution in [-0.4, -0.2) is 11.0 Å². The maximum absolute atomic E-state index is 10.6. The molecule has 3 nitrogen and oxygen atoms in total. The van der Waals surface area contributed by atoms with E-state index in [4.69, 9.17) is 0 Å². The minimum absolute atomic E-state index is 0.345. The van der Waals surface area contributed by atoms with E-state index in [-0.39, 0.29) is 4.92 Å². The first-order chi connectivity index (χ1) is 7.68. The van der Waals surface area contributed by atoms with Gasteiger partial charge in [0.2, 0.25) is 6.04 Å². The van der Waals surface area contributed by atoms with Crippen molar-refractivity contribution >= 4 is 10.8 Å². The lowest BCUT2D eigenvalue weighted by Crippen LogP contribution is -2.18. The Morgan fingerprint density at radius 3 is 2.62 bits per heavy atom. The Morgan fingerprint density at radius 2 is 1.88 bits per heavy atom. The fourth-order valence-corrected chi connectivity index (χ4v) is 1.80. The molecule has 2 aromatic rings. The Morgan fingerprint density at radius 1 is 1.19 bits per heavy atom. The first-order valence-corrected chi connectivity index (χ1v) is 5.11. The van der Waals surface area contributed by atoms with Gasteiger partial charge in [0.05, 0.1) is 0 Å². The monoisotopic (exact) mass is 214 g/mol. The number of rotatable bonds is 3. The quantitative estimate of drug-likeness (QED) is 0.582. The van der Waals surface area contributed by atoms with Gasteiger partial charge in [0.15, 0.2) is 0 Å². The van der Waals surface area contributed by atoms with E-state index in [1.165, 1.54) is 0 Å². The molecule has 0 aliphatic carbocycles. The average molecular weight is 214 g/mol. The predicted octanol–water partition coefficient (Wildman–Crippen LogP) is 2.86. The zero-order valence-electron chi connectivity index (χ0n) is 8.80. The molecule has 0 spiro atoms. The highest BCUT2D eigenvalue weighted by Gasteiger charge is 2.14. The average Bonchev–Trinajstić information content (AvgIpc) is 2.29. The normalized spacial score (nSPS) is 12.6. The molecule has 0 saturated carbocycles. The molecule has 81 valence electrons. The minimum atomic E-state index is -0.786. The Balaban J connectivity index is 2.41. The van der Waals surface area contributed by atoms with Crippen molar-refractivity contribution in [3.05, 3.63) is 65.1 Å². The van der Waals surface area contributed by atoms with Crippen LogP contribution in [0, 0.1) is 17.0 Å². The summed E-state index contributed by atoms with van der Waals surface area (Å²) >= 11 is 0. The third-order valence-electron chi connectivity index (χ3n) is 2.63. The largest absolute Gasteiger partial charge is 0.264 e. The second-order valence-corrected chi connectivity index (χ2v) is 3.78. The van der Waals surface area contributed by atoms with Crippen LogP contribution in [0.25, 0.3) is 10.8 Å². The smallest absolute Gasteiger partial charge is 0.217 e. The van der Waals surface area contributed by atoms with E-state index in [1.807, 2.05) is 42.5 Å². The van der Waals surface area contributed by atoms with Crippen LogP contribution in [0.5, 0.6) is 0 Å². The molecule has 1 unspecified atom stereocenters. The van der Waals surface area contributed by atoms with Gasteiger partial charge < -0.3 is 0 Å². The SMILES string of the molecule is [CH2]C(Cc1cccc2ccccc12)[N+](=O)[O-]. The molecule has 0 heterocycles. The standard InChI is InChI=1S/C13H12NO2/c1-10(14(15)16)9-12-7-4-6-11-5-2-3-8-13(11)12/h2-8,10H,1,9H2. The van der Waals surface area contributed by atoms with E-state index in [0.717, 1.165) is 16.3 Å². The maximum atomic E-state index is 10.6. The van der Waals surface area contributed by atoms with Crippen LogP contribution in [0.3, 0.4) is 0 Å². The van der Waals surface area contributed by atoms with Crippen molar-refractivity contribution < 1.29 is 4.92 Å². The first kappa shape index (κ1) is 10.6. The molecule has 0 N–H and O–H groups in total. The lowest BCUT2D eigenvalue weighted by atomic mass is 10.00. The molecule has 2 aromatic carbocycles. The van der Waals surface area contributed by atoms with Crippen molar-refractivity contribution in [3.63, 3.8) is 0 Å². The Bertz CT molecular complexity index is 517. The lowest BCUT2D eigenvalue weighted by Gasteiger charge is -2.07. The van der Waals surface area contributed by atoms with E-state index in [9.17, 15) is 10.1 Å². The first-order valence-electron chi connectivity index (χ1n) is 5.11. The van der Waals surface area contributed by atoms with Crippen LogP contribution >= 0.6 is 0 Å². The lowest BCUT2D eigenvalue weighted by molar-refractivity contribution is -0.509. The zero-order chi connectivity index (χ0) is 11.5. The van der Waals surface area contributed by atoms with Crippen LogP contribution in [0.15, 0.2) is 42.5 Å². The number of benzene rings is 2. The van der Waals surface area contributed by atoms with Crippen LogP contribution < -0.4 is 0 Å². The van der Waals surface area contributed by atoms with Crippen molar-refractivity contribution in [2.75, 3.05) is 0 Å². The molecular formula is C13H12NO2. The van der Waals surface area contributed by atoms with E-state index in [0.29, 0.717) is 6.42 Å². The molecule has 0 aromatic heterocycles. The van der Waals surface area contributed by atoms with E-state index in [2.05, 4.69) is 6.92 Å². The van der Waals surface area contributed by atoms with Gasteiger partial charge in [0.1, 0.15) is 0 Å². The molecule has 0 amide bonds. The van der Waals surface area contributed by atoms with Crippen molar-refractivity contribution in [2.45, 2.75) is 12.5 Å². The molecule has 16 heavy (non-hydrogen) atoms. The number of hydrogen-bond acceptors (Lipinski definition) is 2. The predicted molar refractivity (Wildman–Crippen MR) is 63.8 cm³/mol. The van der Waals surface area contributed by atoms with Crippen LogP contribution in [0.1, 0.15) is 5.56 Å². The summed E-state index contributed by atoms with van der Waals surface area (Å²) in [5, 5.41) is 12.8. The molecule has 3 heteroatoms. The molecule has 1 atom stereocenters. The van der Waals surface area contributed by atoms with Gasteiger partial charge in [-0.05, 0) is 16.3 Å². The maximum Gasteiger partial charge on any atom is 0.217 e. The van der Waals surface area contributed by atoms with Gasteiger partial charge in [-0.15, -0.1) is 0 Å². The number of nitrogens with zero attached hydrogens (tertiary/aromatic N) is 1. The van der Waals surface area contributed by atoms with Crippen molar-refractivity contribution in [1.29, 1.82) is 0 Å². The minimum Gasteiger partial charge on any atom is -0.264 e. The van der Waals surface area contributed by atoms with Gasteiger partial charge in [-0.1, -0.05) is 42.5 Å². The fourth-order valence-electron chi connectivity index (χ4n) is 1.80. The molecule has 0 bridgehead atoms. The summed E-state index contributed by atoms with van der Waals surface area (Å²) in [5.74, 6) is 0. The summed E-state index contributed by atoms with van der Waals surface area (Å²) in [5.41, 5.74) is 0.981. The van der Waals surface area contributed by atoms with Gasteiger partial charge in [0, 0.05) is 18.3 Å². The molecule has 0 aliphatic heterocycles. The van der Waals surface area contributed by atoms with Gasteiger partial charge in [-0.3, -0.25) is 10.1 Å². The Kier molecular flexibility index (Phi) is 2.86. The molecule has 1 radical (unpaired) electrons. The molecule has 2 rings (SSSR count). The second kappa shape index (κ2) is 4.31. The molecule has 0 fully saturated rings. The van der Waals surface area contributed by atoms with Gasteiger partial charge in [0.25, 0.3) is 0 Å². The van der Waals surface area contributed by atoms with Crippen LogP contribution in [0.2, 0.25) is 0 Å². The molecule has 0 saturated heterocycles. The van der Waals surface area contributed by atoms with E-state index < -0.39 is 6.04 Å². The van der Waals surface area contributed by atoms with Crippen LogP contribution in [0.4, 0.5) is 0 Å². The van der Waals surface area contributed by atoms with Gasteiger partial charge in [-0.25, -0.2) is 0 Å². The summed E-state index contributed by atoms with van der Waals surface area (Å²) in [6.45, 7) is 3.54. The number of fused-ring (bicyclic) bond motifs is 1. The highest BCUT2D eigenvalue weighted by atomic mass is 16.6. The third kappa shape index (κ3) is 2.03. The van der Waals surface area contributed by atoms with E-state index in [1.54, 1.807) is 0 Å². The van der Waals surface area contributed by atoms with Gasteiger partial charge >= 0.3 is 0 Å². The summed E-state index contributed by atoms with van der Waals surface area (Å²) in [6.07, 6.45) is 0.369. The zero-order valence-corrected chi connectivity index (χ0v) is 8.80. The highest BCUT2D eigenvalue weighted by Crippen LogP contribution is 2.20. The van der Waals surface area contributed by atoms with Crippen molar-refractivity contribution in [3.8, 4) is 0 Å². The van der Waals surface area contributed by atoms with E-state index >= 15 is 0 Å². The summed E-state index contributed by atoms with van der Waals surface area (Å²) < 4.78 is 0. The molecular weight excluding hydrogens is 202 g/mol.